The normalized spacial score (nSPS) is 10.5. The van der Waals surface area contributed by atoms with Crippen LogP contribution in [0.1, 0.15) is 17.1 Å². The molecule has 2 aromatic heterocycles. The van der Waals surface area contributed by atoms with Crippen molar-refractivity contribution in [2.24, 2.45) is 0 Å². The minimum absolute atomic E-state index is 0.427. The highest BCUT2D eigenvalue weighted by Crippen LogP contribution is 2.09. The Hall–Kier alpha value is -1.53. The Labute approximate surface area is 104 Å². The second-order valence-electron chi connectivity index (χ2n) is 3.63. The molecule has 5 nitrogen and oxygen atoms in total. The zero-order valence-electron chi connectivity index (χ0n) is 9.80. The largest absolute Gasteiger partial charge is 0.377 e. The van der Waals surface area contributed by atoms with Gasteiger partial charge in [0.25, 0.3) is 0 Å². The Morgan fingerprint density at radius 3 is 3.00 bits per heavy atom. The molecule has 2 rings (SSSR count). The highest BCUT2D eigenvalue weighted by Gasteiger charge is 2.02. The third-order valence-electron chi connectivity index (χ3n) is 2.13. The third-order valence-corrected chi connectivity index (χ3v) is 2.77. The Morgan fingerprint density at radius 2 is 2.29 bits per heavy atom. The fraction of sp³-hybridized carbons (Fsp3) is 0.364. The van der Waals surface area contributed by atoms with E-state index in [1.807, 2.05) is 24.6 Å². The van der Waals surface area contributed by atoms with Crippen molar-refractivity contribution in [3.8, 4) is 0 Å². The predicted octanol–water partition coefficient (Wildman–Crippen LogP) is 2.00. The van der Waals surface area contributed by atoms with E-state index in [4.69, 9.17) is 4.74 Å². The summed E-state index contributed by atoms with van der Waals surface area (Å²) in [5.74, 6) is 1.51. The monoisotopic (exact) mass is 250 g/mol. The summed E-state index contributed by atoms with van der Waals surface area (Å²) in [6, 6.07) is 1.92. The van der Waals surface area contributed by atoms with Gasteiger partial charge in [-0.1, -0.05) is 0 Å². The van der Waals surface area contributed by atoms with Crippen LogP contribution >= 0.6 is 11.5 Å². The Kier molecular flexibility index (Phi) is 4.00. The smallest absolute Gasteiger partial charge is 0.156 e. The van der Waals surface area contributed by atoms with E-state index >= 15 is 0 Å². The number of hydrogen-bond donors (Lipinski definition) is 1. The van der Waals surface area contributed by atoms with Crippen LogP contribution in [0.3, 0.4) is 0 Å². The van der Waals surface area contributed by atoms with Crippen molar-refractivity contribution in [3.63, 3.8) is 0 Å². The van der Waals surface area contributed by atoms with Gasteiger partial charge in [-0.3, -0.25) is 0 Å². The van der Waals surface area contributed by atoms with Crippen molar-refractivity contribution >= 4 is 17.4 Å². The minimum Gasteiger partial charge on any atom is -0.377 e. The number of aromatic nitrogens is 3. The minimum atomic E-state index is 0.427. The van der Waals surface area contributed by atoms with Gasteiger partial charge in [0, 0.05) is 42.6 Å². The maximum absolute atomic E-state index is 5.03. The van der Waals surface area contributed by atoms with Crippen LogP contribution < -0.4 is 5.32 Å². The predicted molar refractivity (Wildman–Crippen MR) is 66.9 cm³/mol. The first-order valence-corrected chi connectivity index (χ1v) is 6.07. The maximum atomic E-state index is 5.03. The summed E-state index contributed by atoms with van der Waals surface area (Å²) in [5.41, 5.74) is 2.08. The van der Waals surface area contributed by atoms with Gasteiger partial charge in [-0.2, -0.15) is 0 Å². The number of aryl methyl sites for hydroxylation is 1. The van der Waals surface area contributed by atoms with E-state index in [1.54, 1.807) is 7.11 Å². The van der Waals surface area contributed by atoms with Crippen LogP contribution in [-0.2, 0) is 17.9 Å². The molecule has 0 unspecified atom stereocenters. The van der Waals surface area contributed by atoms with Gasteiger partial charge < -0.3 is 10.1 Å². The van der Waals surface area contributed by atoms with Crippen molar-refractivity contribution in [3.05, 3.63) is 34.7 Å². The van der Waals surface area contributed by atoms with E-state index in [0.29, 0.717) is 12.4 Å². The topological polar surface area (TPSA) is 59.9 Å². The van der Waals surface area contributed by atoms with Crippen molar-refractivity contribution in [2.75, 3.05) is 12.4 Å². The summed E-state index contributed by atoms with van der Waals surface area (Å²) in [6.45, 7) is 3.09. The van der Waals surface area contributed by atoms with Gasteiger partial charge in [0.05, 0.1) is 0 Å². The van der Waals surface area contributed by atoms with E-state index in [-0.39, 0.29) is 0 Å². The van der Waals surface area contributed by atoms with Gasteiger partial charge in [0.1, 0.15) is 12.4 Å². The molecule has 0 bridgehead atoms. The fourth-order valence-corrected chi connectivity index (χ4v) is 1.96. The summed E-state index contributed by atoms with van der Waals surface area (Å²) in [7, 11) is 1.63. The second-order valence-corrected chi connectivity index (χ2v) is 4.29. The Balaban J connectivity index is 2.04. The van der Waals surface area contributed by atoms with Crippen LogP contribution in [0.5, 0.6) is 0 Å². The van der Waals surface area contributed by atoms with Gasteiger partial charge >= 0.3 is 0 Å². The lowest BCUT2D eigenvalue weighted by atomic mass is 10.3. The van der Waals surface area contributed by atoms with Crippen LogP contribution in [-0.4, -0.2) is 21.5 Å². The van der Waals surface area contributed by atoms with E-state index < -0.39 is 0 Å². The lowest BCUT2D eigenvalue weighted by Crippen LogP contribution is -2.05. The summed E-state index contributed by atoms with van der Waals surface area (Å²) in [5, 5.41) is 5.26. The highest BCUT2D eigenvalue weighted by atomic mass is 32.1. The first kappa shape index (κ1) is 11.9. The highest BCUT2D eigenvalue weighted by molar-refractivity contribution is 7.03. The first-order valence-electron chi connectivity index (χ1n) is 5.23. The fourth-order valence-electron chi connectivity index (χ4n) is 1.42. The number of nitrogens with zero attached hydrogens (tertiary/aromatic N) is 3. The number of nitrogens with one attached hydrogen (secondary N) is 1. The van der Waals surface area contributed by atoms with Crippen molar-refractivity contribution in [2.45, 2.75) is 20.1 Å². The number of methoxy groups -OCH3 is 1. The molecule has 17 heavy (non-hydrogen) atoms. The van der Waals surface area contributed by atoms with E-state index in [2.05, 4.69) is 19.7 Å². The molecule has 0 atom stereocenters. The molecule has 0 spiro atoms. The van der Waals surface area contributed by atoms with Crippen LogP contribution in [0.4, 0.5) is 5.82 Å². The SMILES string of the molecule is COCc1nc(C)cc(NCc2cnsc2)n1. The second kappa shape index (κ2) is 5.70. The summed E-state index contributed by atoms with van der Waals surface area (Å²) in [4.78, 5) is 8.64. The summed E-state index contributed by atoms with van der Waals surface area (Å²) in [6.07, 6.45) is 1.85. The molecule has 0 aliphatic rings. The molecule has 2 heterocycles. The van der Waals surface area contributed by atoms with Crippen molar-refractivity contribution in [1.82, 2.24) is 14.3 Å². The summed E-state index contributed by atoms with van der Waals surface area (Å²) < 4.78 is 9.08. The number of ether oxygens (including phenoxy) is 1. The number of rotatable bonds is 5. The van der Waals surface area contributed by atoms with Crippen LogP contribution in [0, 0.1) is 6.92 Å². The average molecular weight is 250 g/mol. The molecule has 0 aliphatic heterocycles. The molecule has 0 fully saturated rings. The van der Waals surface area contributed by atoms with E-state index in [1.165, 1.54) is 11.5 Å². The first-order chi connectivity index (χ1) is 8.28. The van der Waals surface area contributed by atoms with Gasteiger partial charge in [-0.05, 0) is 18.5 Å². The Morgan fingerprint density at radius 1 is 1.41 bits per heavy atom. The quantitative estimate of drug-likeness (QED) is 0.879. The number of anilines is 1. The molecule has 6 heteroatoms. The average Bonchev–Trinajstić information content (AvgIpc) is 2.79. The molecule has 0 aliphatic carbocycles. The molecule has 1 N–H and O–H groups in total. The van der Waals surface area contributed by atoms with Gasteiger partial charge in [-0.15, -0.1) is 0 Å². The van der Waals surface area contributed by atoms with Crippen molar-refractivity contribution in [1.29, 1.82) is 0 Å². The molecule has 0 saturated carbocycles. The van der Waals surface area contributed by atoms with Crippen molar-refractivity contribution < 1.29 is 4.74 Å². The van der Waals surface area contributed by atoms with E-state index in [9.17, 15) is 0 Å². The zero-order chi connectivity index (χ0) is 12.1. The maximum Gasteiger partial charge on any atom is 0.156 e. The Bertz CT molecular complexity index is 472. The number of hydrogen-bond acceptors (Lipinski definition) is 6. The molecule has 0 saturated heterocycles. The summed E-state index contributed by atoms with van der Waals surface area (Å²) >= 11 is 1.45. The van der Waals surface area contributed by atoms with Crippen LogP contribution in [0.25, 0.3) is 0 Å². The molecule has 0 radical (unpaired) electrons. The van der Waals surface area contributed by atoms with Crippen LogP contribution in [0.2, 0.25) is 0 Å². The lowest BCUT2D eigenvalue weighted by molar-refractivity contribution is 0.177. The van der Waals surface area contributed by atoms with Gasteiger partial charge in [0.2, 0.25) is 0 Å². The molecule has 2 aromatic rings. The van der Waals surface area contributed by atoms with Gasteiger partial charge in [-0.25, -0.2) is 14.3 Å². The molecule has 0 amide bonds. The molecule has 90 valence electrons. The van der Waals surface area contributed by atoms with E-state index in [0.717, 1.165) is 23.6 Å². The molecular weight excluding hydrogens is 236 g/mol. The zero-order valence-corrected chi connectivity index (χ0v) is 10.6. The lowest BCUT2D eigenvalue weighted by Gasteiger charge is -2.07. The standard InChI is InChI=1S/C11H14N4OS/c1-8-3-10(15-11(14-8)6-16-2)12-4-9-5-13-17-7-9/h3,5,7H,4,6H2,1-2H3,(H,12,14,15). The third kappa shape index (κ3) is 3.47. The molecular formula is C11H14N4OS. The van der Waals surface area contributed by atoms with Gasteiger partial charge in [0.15, 0.2) is 5.82 Å². The van der Waals surface area contributed by atoms with Crippen LogP contribution in [0.15, 0.2) is 17.6 Å². The molecule has 0 aromatic carbocycles.